The van der Waals surface area contributed by atoms with E-state index in [9.17, 15) is 0 Å². The molecule has 0 aromatic carbocycles. The molecule has 0 atom stereocenters. The predicted molar refractivity (Wildman–Crippen MR) is 34.0 cm³/mol. The van der Waals surface area contributed by atoms with Crippen LogP contribution in [0, 0.1) is 0 Å². The highest BCUT2D eigenvalue weighted by Gasteiger charge is 1.56. The van der Waals surface area contributed by atoms with Crippen molar-refractivity contribution >= 4 is 0 Å². The van der Waals surface area contributed by atoms with Gasteiger partial charge in [0.15, 0.2) is 0 Å². The number of hydrogen-bond acceptors (Lipinski definition) is 4. The summed E-state index contributed by atoms with van der Waals surface area (Å²) in [5.41, 5.74) is 7.21. The van der Waals surface area contributed by atoms with Gasteiger partial charge in [0.2, 0.25) is 0 Å². The first-order valence-electron chi connectivity index (χ1n) is 2.57. The van der Waals surface area contributed by atoms with Gasteiger partial charge in [-0.3, -0.25) is 11.3 Å². The van der Waals surface area contributed by atoms with Crippen LogP contribution in [-0.4, -0.2) is 24.8 Å². The average Bonchev–Trinajstić information content (AvgIpc) is 1.88. The summed E-state index contributed by atoms with van der Waals surface area (Å²) in [6.07, 6.45) is 0. The molecule has 6 N–H and O–H groups in total. The number of aliphatic hydroxyl groups excluding tert-OH is 1. The summed E-state index contributed by atoms with van der Waals surface area (Å²) in [6.45, 7) is 3.26. The van der Waals surface area contributed by atoms with E-state index in [1.165, 1.54) is 0 Å². The summed E-state index contributed by atoms with van der Waals surface area (Å²) in [4.78, 5) is 0. The first kappa shape index (κ1) is 10.8. The SMILES string of the molecule is CCNN.NCCO. The Labute approximate surface area is 49.8 Å². The monoisotopic (exact) mass is 121 g/mol. The molecule has 0 aliphatic heterocycles. The zero-order valence-corrected chi connectivity index (χ0v) is 5.22. The van der Waals surface area contributed by atoms with Crippen LogP contribution in [0.25, 0.3) is 0 Å². The fourth-order valence-electron chi connectivity index (χ4n) is 0. The molecule has 4 heteroatoms. The second-order valence-electron chi connectivity index (χ2n) is 1.07. The Morgan fingerprint density at radius 3 is 1.88 bits per heavy atom. The quantitative estimate of drug-likeness (QED) is 0.262. The fourth-order valence-corrected chi connectivity index (χ4v) is 0. The Morgan fingerprint density at radius 2 is 1.88 bits per heavy atom. The molecule has 0 heterocycles. The van der Waals surface area contributed by atoms with Crippen molar-refractivity contribution in [1.29, 1.82) is 0 Å². The van der Waals surface area contributed by atoms with Crippen LogP contribution in [0.3, 0.4) is 0 Å². The van der Waals surface area contributed by atoms with Gasteiger partial charge in [-0.2, -0.15) is 0 Å². The van der Waals surface area contributed by atoms with Gasteiger partial charge < -0.3 is 10.8 Å². The molecule has 0 aromatic rings. The lowest BCUT2D eigenvalue weighted by molar-refractivity contribution is 0.306. The van der Waals surface area contributed by atoms with E-state index >= 15 is 0 Å². The van der Waals surface area contributed by atoms with Crippen molar-refractivity contribution in [3.63, 3.8) is 0 Å². The first-order valence-corrected chi connectivity index (χ1v) is 2.57. The molecule has 0 bridgehead atoms. The van der Waals surface area contributed by atoms with Crippen molar-refractivity contribution in [2.45, 2.75) is 6.92 Å². The number of hydrazine groups is 1. The van der Waals surface area contributed by atoms with Crippen molar-refractivity contribution in [2.24, 2.45) is 11.6 Å². The van der Waals surface area contributed by atoms with Crippen molar-refractivity contribution < 1.29 is 5.11 Å². The normalized spacial score (nSPS) is 7.50. The van der Waals surface area contributed by atoms with E-state index in [1.54, 1.807) is 0 Å². The second kappa shape index (κ2) is 15.8. The number of aliphatic hydroxyl groups is 1. The fraction of sp³-hybridized carbons (Fsp3) is 1.00. The minimum absolute atomic E-state index is 0.0972. The molecule has 0 radical (unpaired) electrons. The second-order valence-corrected chi connectivity index (χ2v) is 1.07. The van der Waals surface area contributed by atoms with Crippen LogP contribution in [0.1, 0.15) is 6.92 Å². The first-order chi connectivity index (χ1) is 3.83. The molecule has 0 aliphatic carbocycles. The third kappa shape index (κ3) is 40.4. The van der Waals surface area contributed by atoms with E-state index in [0.717, 1.165) is 6.54 Å². The summed E-state index contributed by atoms with van der Waals surface area (Å²) < 4.78 is 0. The minimum Gasteiger partial charge on any atom is -0.395 e. The summed E-state index contributed by atoms with van der Waals surface area (Å²) in [5.74, 6) is 4.78. The van der Waals surface area contributed by atoms with Crippen molar-refractivity contribution in [1.82, 2.24) is 5.43 Å². The van der Waals surface area contributed by atoms with Crippen molar-refractivity contribution in [3.05, 3.63) is 0 Å². The van der Waals surface area contributed by atoms with Crippen LogP contribution >= 0.6 is 0 Å². The lowest BCUT2D eigenvalue weighted by Crippen LogP contribution is -2.20. The topological polar surface area (TPSA) is 84.3 Å². The third-order valence-electron chi connectivity index (χ3n) is 0.333. The maximum Gasteiger partial charge on any atom is 0.0553 e. The molecule has 8 heavy (non-hydrogen) atoms. The van der Waals surface area contributed by atoms with E-state index in [4.69, 9.17) is 16.7 Å². The number of nitrogens with two attached hydrogens (primary N) is 2. The van der Waals surface area contributed by atoms with E-state index in [2.05, 4.69) is 5.43 Å². The van der Waals surface area contributed by atoms with Crippen LogP contribution < -0.4 is 17.0 Å². The Hall–Kier alpha value is -0.160. The Bertz CT molecular complexity index is 19.2. The van der Waals surface area contributed by atoms with E-state index in [0.29, 0.717) is 6.54 Å². The standard InChI is InChI=1S/C2H8N2.C2H7NO/c1-2-4-3;3-1-2-4/h4H,2-3H2,1H3;4H,1-3H2. The summed E-state index contributed by atoms with van der Waals surface area (Å²) in [5, 5.41) is 7.75. The zero-order valence-electron chi connectivity index (χ0n) is 5.22. The number of nitrogens with one attached hydrogen (secondary N) is 1. The highest BCUT2D eigenvalue weighted by atomic mass is 16.3. The van der Waals surface area contributed by atoms with E-state index in [1.807, 2.05) is 6.92 Å². The third-order valence-corrected chi connectivity index (χ3v) is 0.333. The molecule has 0 fully saturated rings. The number of hydrogen-bond donors (Lipinski definition) is 4. The summed E-state index contributed by atoms with van der Waals surface area (Å²) in [6, 6.07) is 0. The Balaban J connectivity index is 0. The maximum absolute atomic E-state index is 7.75. The number of rotatable bonds is 2. The molecule has 0 spiro atoms. The Kier molecular flexibility index (Phi) is 21.3. The van der Waals surface area contributed by atoms with Gasteiger partial charge in [0.1, 0.15) is 0 Å². The lowest BCUT2D eigenvalue weighted by atomic mass is 10.8. The molecule has 0 aliphatic rings. The molecule has 0 aromatic heterocycles. The zero-order chi connectivity index (χ0) is 6.83. The average molecular weight is 121 g/mol. The van der Waals surface area contributed by atoms with Gasteiger partial charge in [0, 0.05) is 13.1 Å². The molecule has 0 rings (SSSR count). The van der Waals surface area contributed by atoms with Gasteiger partial charge in [0.25, 0.3) is 0 Å². The van der Waals surface area contributed by atoms with Gasteiger partial charge >= 0.3 is 0 Å². The highest BCUT2D eigenvalue weighted by Crippen LogP contribution is 1.33. The van der Waals surface area contributed by atoms with Crippen LogP contribution in [0.5, 0.6) is 0 Å². The van der Waals surface area contributed by atoms with Gasteiger partial charge in [-0.15, -0.1) is 0 Å². The van der Waals surface area contributed by atoms with Crippen LogP contribution in [0.15, 0.2) is 0 Å². The molecule has 4 nitrogen and oxygen atoms in total. The molecular formula is C4H15N3O. The van der Waals surface area contributed by atoms with Gasteiger partial charge in [-0.1, -0.05) is 6.92 Å². The molecular weight excluding hydrogens is 106 g/mol. The van der Waals surface area contributed by atoms with Crippen LogP contribution in [0.4, 0.5) is 0 Å². The molecule has 0 amide bonds. The maximum atomic E-state index is 7.75. The van der Waals surface area contributed by atoms with E-state index in [-0.39, 0.29) is 6.61 Å². The molecule has 0 unspecified atom stereocenters. The largest absolute Gasteiger partial charge is 0.395 e. The summed E-state index contributed by atoms with van der Waals surface area (Å²) >= 11 is 0. The minimum atomic E-state index is 0.0972. The van der Waals surface area contributed by atoms with Gasteiger partial charge in [0.05, 0.1) is 6.61 Å². The van der Waals surface area contributed by atoms with Crippen molar-refractivity contribution in [2.75, 3.05) is 19.7 Å². The van der Waals surface area contributed by atoms with Gasteiger partial charge in [-0.05, 0) is 0 Å². The summed E-state index contributed by atoms with van der Waals surface area (Å²) in [7, 11) is 0. The van der Waals surface area contributed by atoms with Gasteiger partial charge in [-0.25, -0.2) is 0 Å². The van der Waals surface area contributed by atoms with Crippen molar-refractivity contribution in [3.8, 4) is 0 Å². The Morgan fingerprint density at radius 1 is 1.62 bits per heavy atom. The molecule has 0 saturated carbocycles. The molecule has 0 saturated heterocycles. The molecule has 52 valence electrons. The highest BCUT2D eigenvalue weighted by molar-refractivity contribution is 4.17. The predicted octanol–water partition coefficient (Wildman–Crippen LogP) is -1.59. The van der Waals surface area contributed by atoms with E-state index < -0.39 is 0 Å². The van der Waals surface area contributed by atoms with Crippen LogP contribution in [-0.2, 0) is 0 Å². The lowest BCUT2D eigenvalue weighted by Gasteiger charge is -1.77. The smallest absolute Gasteiger partial charge is 0.0553 e. The van der Waals surface area contributed by atoms with Crippen LogP contribution in [0.2, 0.25) is 0 Å².